The summed E-state index contributed by atoms with van der Waals surface area (Å²) in [5.74, 6) is -1.43. The summed E-state index contributed by atoms with van der Waals surface area (Å²) in [6.45, 7) is 0. The Balaban J connectivity index is 1.84. The van der Waals surface area contributed by atoms with Gasteiger partial charge in [-0.3, -0.25) is 9.59 Å². The number of carbonyl (C=O) groups is 2. The first-order valence-electron chi connectivity index (χ1n) is 9.57. The second-order valence-corrected chi connectivity index (χ2v) is 7.68. The highest BCUT2D eigenvalue weighted by Gasteiger charge is 2.13. The van der Waals surface area contributed by atoms with Gasteiger partial charge in [0.2, 0.25) is 0 Å². The number of nitrogens with zero attached hydrogens (tertiary/aromatic N) is 1. The average Bonchev–Trinajstić information content (AvgIpc) is 2.63. The highest BCUT2D eigenvalue weighted by atomic mass is 79.9. The van der Waals surface area contributed by atoms with E-state index in [-0.39, 0.29) is 0 Å². The number of rotatable bonds is 2. The van der Waals surface area contributed by atoms with Crippen LogP contribution in [0.5, 0.6) is 0 Å². The summed E-state index contributed by atoms with van der Waals surface area (Å²) >= 11 is 3.33. The van der Waals surface area contributed by atoms with Crippen molar-refractivity contribution < 1.29 is 9.59 Å². The lowest BCUT2D eigenvalue weighted by atomic mass is 10.00. The van der Waals surface area contributed by atoms with E-state index in [2.05, 4.69) is 31.8 Å². The van der Waals surface area contributed by atoms with Crippen molar-refractivity contribution in [3.05, 3.63) is 28.7 Å². The van der Waals surface area contributed by atoms with E-state index in [1.807, 2.05) is 0 Å². The largest absolute Gasteiger partial charge is 0.329 e. The van der Waals surface area contributed by atoms with E-state index in [9.17, 15) is 9.59 Å². The molecule has 1 aromatic rings. The van der Waals surface area contributed by atoms with Crippen molar-refractivity contribution in [1.29, 1.82) is 0 Å². The molecule has 0 radical (unpaired) electrons. The molecule has 6 heteroatoms. The van der Waals surface area contributed by atoms with Crippen LogP contribution in [0.25, 0.3) is 0 Å². The summed E-state index contributed by atoms with van der Waals surface area (Å²) in [5, 5.41) is 6.81. The molecule has 0 aliphatic heterocycles. The lowest BCUT2D eigenvalue weighted by molar-refractivity contribution is -0.136. The summed E-state index contributed by atoms with van der Waals surface area (Å²) < 4.78 is 0.911. The maximum Gasteiger partial charge on any atom is 0.329 e. The molecule has 0 saturated heterocycles. The minimum Gasteiger partial charge on any atom is -0.318 e. The predicted molar refractivity (Wildman–Crippen MR) is 109 cm³/mol. The number of nitrogens with one attached hydrogen (secondary N) is 2. The first-order valence-corrected chi connectivity index (χ1v) is 10.4. The smallest absolute Gasteiger partial charge is 0.318 e. The summed E-state index contributed by atoms with van der Waals surface area (Å²) in [6, 6.07) is 7.07. The molecule has 0 atom stereocenters. The number of hydrazone groups is 1. The van der Waals surface area contributed by atoms with Gasteiger partial charge < -0.3 is 5.32 Å². The monoisotopic (exact) mass is 421 g/mol. The SMILES string of the molecule is O=C(NN=C1CCCCCCCCCCC1)C(=O)Nc1ccc(Br)cc1. The summed E-state index contributed by atoms with van der Waals surface area (Å²) in [6.07, 6.45) is 12.9. The molecule has 1 aliphatic carbocycles. The second kappa shape index (κ2) is 11.8. The van der Waals surface area contributed by atoms with Gasteiger partial charge in [-0.05, 0) is 49.9 Å². The van der Waals surface area contributed by atoms with Crippen molar-refractivity contribution >= 4 is 39.1 Å². The van der Waals surface area contributed by atoms with Crippen molar-refractivity contribution in [3.8, 4) is 0 Å². The molecule has 2 rings (SSSR count). The molecule has 142 valence electrons. The molecule has 2 N–H and O–H groups in total. The van der Waals surface area contributed by atoms with Crippen LogP contribution in [0.1, 0.15) is 70.6 Å². The molecule has 0 spiro atoms. The normalized spacial score (nSPS) is 16.7. The standard InChI is InChI=1S/C20H28BrN3O2/c21-16-12-14-17(15-13-16)22-19(25)20(26)24-23-18-10-8-6-4-2-1-3-5-7-9-11-18/h12-15H,1-11H2,(H,22,25)(H,24,26). The van der Waals surface area contributed by atoms with Crippen molar-refractivity contribution in [2.45, 2.75) is 70.6 Å². The highest BCUT2D eigenvalue weighted by Crippen LogP contribution is 2.16. The van der Waals surface area contributed by atoms with Gasteiger partial charge in [0.05, 0.1) is 0 Å². The third-order valence-electron chi connectivity index (χ3n) is 4.55. The lowest BCUT2D eigenvalue weighted by Gasteiger charge is -2.10. The lowest BCUT2D eigenvalue weighted by Crippen LogP contribution is -2.33. The maximum atomic E-state index is 12.0. The van der Waals surface area contributed by atoms with Crippen molar-refractivity contribution in [1.82, 2.24) is 5.43 Å². The van der Waals surface area contributed by atoms with Gasteiger partial charge >= 0.3 is 11.8 Å². The Morgan fingerprint density at radius 1 is 0.769 bits per heavy atom. The van der Waals surface area contributed by atoms with Gasteiger partial charge in [0.1, 0.15) is 0 Å². The molecule has 0 heterocycles. The average molecular weight is 422 g/mol. The van der Waals surface area contributed by atoms with E-state index >= 15 is 0 Å². The topological polar surface area (TPSA) is 70.6 Å². The van der Waals surface area contributed by atoms with Gasteiger partial charge in [-0.1, -0.05) is 60.9 Å². The zero-order chi connectivity index (χ0) is 18.6. The molecular weight excluding hydrogens is 394 g/mol. The number of carbonyl (C=O) groups excluding carboxylic acids is 2. The first kappa shape index (κ1) is 20.6. The molecule has 5 nitrogen and oxygen atoms in total. The molecular formula is C20H28BrN3O2. The van der Waals surface area contributed by atoms with Gasteiger partial charge in [-0.2, -0.15) is 5.10 Å². The fourth-order valence-corrected chi connectivity index (χ4v) is 3.30. The molecule has 1 aliphatic rings. The minimum absolute atomic E-state index is 0.576. The Bertz CT molecular complexity index is 600. The number of hydrogen-bond acceptors (Lipinski definition) is 3. The van der Waals surface area contributed by atoms with Gasteiger partial charge in [0, 0.05) is 15.9 Å². The van der Waals surface area contributed by atoms with Crippen LogP contribution in [0.15, 0.2) is 33.8 Å². The minimum atomic E-state index is -0.730. The van der Waals surface area contributed by atoms with Crippen LogP contribution in [0.3, 0.4) is 0 Å². The molecule has 0 unspecified atom stereocenters. The van der Waals surface area contributed by atoms with Crippen LogP contribution in [0.4, 0.5) is 5.69 Å². The molecule has 0 aromatic heterocycles. The number of benzene rings is 1. The van der Waals surface area contributed by atoms with Crippen LogP contribution >= 0.6 is 15.9 Å². The Morgan fingerprint density at radius 2 is 1.27 bits per heavy atom. The van der Waals surface area contributed by atoms with Gasteiger partial charge in [-0.15, -0.1) is 0 Å². The van der Waals surface area contributed by atoms with E-state index in [1.54, 1.807) is 24.3 Å². The zero-order valence-corrected chi connectivity index (χ0v) is 16.8. The van der Waals surface area contributed by atoms with Gasteiger partial charge in [-0.25, -0.2) is 5.43 Å². The van der Waals surface area contributed by atoms with E-state index in [0.717, 1.165) is 35.9 Å². The van der Waals surface area contributed by atoms with E-state index < -0.39 is 11.8 Å². The quantitative estimate of drug-likeness (QED) is 0.510. The van der Waals surface area contributed by atoms with Crippen LogP contribution < -0.4 is 10.7 Å². The van der Waals surface area contributed by atoms with Crippen LogP contribution in [0, 0.1) is 0 Å². The van der Waals surface area contributed by atoms with E-state index in [0.29, 0.717) is 5.69 Å². The van der Waals surface area contributed by atoms with Crippen molar-refractivity contribution in [2.24, 2.45) is 5.10 Å². The second-order valence-electron chi connectivity index (χ2n) is 6.76. The Kier molecular flexibility index (Phi) is 9.39. The summed E-state index contributed by atoms with van der Waals surface area (Å²) in [7, 11) is 0. The fraction of sp³-hybridized carbons (Fsp3) is 0.550. The van der Waals surface area contributed by atoms with Crippen molar-refractivity contribution in [2.75, 3.05) is 5.32 Å². The van der Waals surface area contributed by atoms with E-state index in [4.69, 9.17) is 0 Å². The number of halogens is 1. The molecule has 0 bridgehead atoms. The third-order valence-corrected chi connectivity index (χ3v) is 5.08. The van der Waals surface area contributed by atoms with E-state index in [1.165, 1.54) is 44.9 Å². The zero-order valence-electron chi connectivity index (χ0n) is 15.2. The maximum absolute atomic E-state index is 12.0. The van der Waals surface area contributed by atoms with Crippen LogP contribution in [0.2, 0.25) is 0 Å². The fourth-order valence-electron chi connectivity index (χ4n) is 3.03. The third kappa shape index (κ3) is 8.13. The highest BCUT2D eigenvalue weighted by molar-refractivity contribution is 9.10. The Hall–Kier alpha value is -1.69. The molecule has 1 fully saturated rings. The molecule has 2 amide bonds. The number of hydrogen-bond donors (Lipinski definition) is 2. The predicted octanol–water partition coefficient (Wildman–Crippen LogP) is 5.16. The summed E-state index contributed by atoms with van der Waals surface area (Å²) in [4.78, 5) is 24.0. The van der Waals surface area contributed by atoms with Gasteiger partial charge in [0.15, 0.2) is 0 Å². The Morgan fingerprint density at radius 3 is 1.81 bits per heavy atom. The number of anilines is 1. The van der Waals surface area contributed by atoms with Crippen LogP contribution in [-0.2, 0) is 9.59 Å². The van der Waals surface area contributed by atoms with Crippen molar-refractivity contribution in [3.63, 3.8) is 0 Å². The Labute approximate surface area is 164 Å². The summed E-state index contributed by atoms with van der Waals surface area (Å²) in [5.41, 5.74) is 4.00. The number of amides is 2. The van der Waals surface area contributed by atoms with Gasteiger partial charge in [0.25, 0.3) is 0 Å². The molecule has 1 aromatic carbocycles. The molecule has 26 heavy (non-hydrogen) atoms. The first-order chi connectivity index (χ1) is 12.6. The molecule has 1 saturated carbocycles. The van der Waals surface area contributed by atoms with Crippen LogP contribution in [-0.4, -0.2) is 17.5 Å².